The van der Waals surface area contributed by atoms with Gasteiger partial charge in [-0.2, -0.15) is 26.3 Å². The first-order valence-corrected chi connectivity index (χ1v) is 10.9. The Morgan fingerprint density at radius 3 is 1.91 bits per heavy atom. The van der Waals surface area contributed by atoms with E-state index in [0.717, 1.165) is 6.07 Å². The first-order valence-electron chi connectivity index (χ1n) is 9.35. The van der Waals surface area contributed by atoms with Gasteiger partial charge in [0.1, 0.15) is 0 Å². The van der Waals surface area contributed by atoms with Crippen molar-refractivity contribution in [2.24, 2.45) is 0 Å². The molecule has 0 atom stereocenters. The van der Waals surface area contributed by atoms with Gasteiger partial charge < -0.3 is 10.1 Å². The van der Waals surface area contributed by atoms with Crippen molar-refractivity contribution < 1.29 is 31.4 Å². The fraction of sp³-hybridized carbons (Fsp3) is 0.333. The lowest BCUT2D eigenvalue weighted by Gasteiger charge is -2.33. The van der Waals surface area contributed by atoms with Crippen LogP contribution >= 0.6 is 39.1 Å². The third-order valence-electron chi connectivity index (χ3n) is 4.61. The van der Waals surface area contributed by atoms with E-state index in [1.165, 1.54) is 30.3 Å². The predicted molar refractivity (Wildman–Crippen MR) is 117 cm³/mol. The van der Waals surface area contributed by atoms with Crippen LogP contribution in [0.5, 0.6) is 0 Å². The number of hydrogen-bond acceptors (Lipinski definition) is 1. The Kier molecular flexibility index (Phi) is 8.24. The topological polar surface area (TPSA) is 36.0 Å². The van der Waals surface area contributed by atoms with Crippen LogP contribution in [0.3, 0.4) is 0 Å². The van der Waals surface area contributed by atoms with Crippen LogP contribution in [-0.4, -0.2) is 22.4 Å². The molecule has 1 aromatic heterocycles. The molecular formula is C21H18BrCl2F6NO. The summed E-state index contributed by atoms with van der Waals surface area (Å²) in [5.41, 5.74) is -6.17. The van der Waals surface area contributed by atoms with Crippen molar-refractivity contribution in [2.75, 3.05) is 0 Å². The number of benzene rings is 2. The van der Waals surface area contributed by atoms with Crippen LogP contribution in [0.1, 0.15) is 30.7 Å². The molecule has 2 N–H and O–H groups in total. The van der Waals surface area contributed by atoms with Gasteiger partial charge in [0, 0.05) is 36.7 Å². The summed E-state index contributed by atoms with van der Waals surface area (Å²) in [5.74, 6) is 0. The van der Waals surface area contributed by atoms with Crippen molar-refractivity contribution in [3.8, 4) is 0 Å². The van der Waals surface area contributed by atoms with Crippen molar-refractivity contribution in [2.45, 2.75) is 44.6 Å². The van der Waals surface area contributed by atoms with E-state index >= 15 is 0 Å². The molecule has 0 aliphatic carbocycles. The Hall–Kier alpha value is -1.42. The lowest BCUT2D eigenvalue weighted by atomic mass is 9.88. The molecule has 0 bridgehead atoms. The molecule has 0 radical (unpaired) electrons. The number of aromatic amines is 1. The van der Waals surface area contributed by atoms with Crippen molar-refractivity contribution >= 4 is 50.0 Å². The molecular weight excluding hydrogens is 547 g/mol. The van der Waals surface area contributed by atoms with Gasteiger partial charge in [0.25, 0.3) is 5.60 Å². The number of alkyl halides is 6. The van der Waals surface area contributed by atoms with Crippen LogP contribution in [0.2, 0.25) is 10.0 Å². The van der Waals surface area contributed by atoms with Crippen molar-refractivity contribution in [1.29, 1.82) is 0 Å². The number of H-pyrrole nitrogens is 1. The first kappa shape index (κ1) is 26.8. The third kappa shape index (κ3) is 5.21. The number of aromatic nitrogens is 1. The molecule has 1 heterocycles. The fourth-order valence-corrected chi connectivity index (χ4v) is 4.23. The van der Waals surface area contributed by atoms with E-state index in [1.54, 1.807) is 0 Å². The average molecular weight is 565 g/mol. The normalized spacial score (nSPS) is 12.6. The molecule has 0 unspecified atom stereocenters. The maximum Gasteiger partial charge on any atom is 0.430 e. The minimum Gasteiger partial charge on any atom is -0.369 e. The number of hydrogen-bond donors (Lipinski definition) is 2. The Labute approximate surface area is 198 Å². The summed E-state index contributed by atoms with van der Waals surface area (Å²) < 4.78 is 82.0. The maximum atomic E-state index is 13.6. The third-order valence-corrected chi connectivity index (χ3v) is 5.54. The molecule has 0 spiro atoms. The standard InChI is InChI=1S/C19H12BrCl2F6NO.C2H6/c20-10-2-3-13-15(7-10)29-14(4-1-9-5-11(21)8-12(22)6-9)16(13)17(30,18(23,24)25)19(26,27)28;1-2/h2-3,5-8,29-30H,1,4H2;1-2H3. The van der Waals surface area contributed by atoms with Gasteiger partial charge in [0.2, 0.25) is 0 Å². The lowest BCUT2D eigenvalue weighted by molar-refractivity contribution is -0.375. The van der Waals surface area contributed by atoms with E-state index in [2.05, 4.69) is 20.9 Å². The second-order valence-corrected chi connectivity index (χ2v) is 8.44. The maximum absolute atomic E-state index is 13.6. The van der Waals surface area contributed by atoms with Gasteiger partial charge in [-0.25, -0.2) is 0 Å². The number of fused-ring (bicyclic) bond motifs is 1. The zero-order chi connectivity index (χ0) is 24.5. The average Bonchev–Trinajstić information content (AvgIpc) is 3.02. The van der Waals surface area contributed by atoms with Crippen molar-refractivity contribution in [3.63, 3.8) is 0 Å². The quantitative estimate of drug-likeness (QED) is 0.307. The highest BCUT2D eigenvalue weighted by molar-refractivity contribution is 9.10. The molecule has 0 saturated carbocycles. The van der Waals surface area contributed by atoms with E-state index in [4.69, 9.17) is 23.2 Å². The van der Waals surface area contributed by atoms with Crippen LogP contribution in [0.25, 0.3) is 10.9 Å². The van der Waals surface area contributed by atoms with Gasteiger partial charge in [-0.1, -0.05) is 59.0 Å². The minimum absolute atomic E-state index is 0.0189. The van der Waals surface area contributed by atoms with Gasteiger partial charge >= 0.3 is 12.4 Å². The summed E-state index contributed by atoms with van der Waals surface area (Å²) in [4.78, 5) is 2.60. The Bertz CT molecular complexity index is 1060. The highest BCUT2D eigenvalue weighted by Crippen LogP contribution is 2.53. The largest absolute Gasteiger partial charge is 0.430 e. The predicted octanol–water partition coefficient (Wildman–Crippen LogP) is 8.36. The minimum atomic E-state index is -6.00. The molecule has 32 heavy (non-hydrogen) atoms. The zero-order valence-corrected chi connectivity index (χ0v) is 19.8. The molecule has 0 aliphatic rings. The number of halogens is 9. The fourth-order valence-electron chi connectivity index (χ4n) is 3.30. The second-order valence-electron chi connectivity index (χ2n) is 6.65. The monoisotopic (exact) mass is 563 g/mol. The molecule has 3 aromatic rings. The van der Waals surface area contributed by atoms with Crippen LogP contribution in [0.4, 0.5) is 26.3 Å². The van der Waals surface area contributed by atoms with Crippen molar-refractivity contribution in [1.82, 2.24) is 4.98 Å². The molecule has 0 aliphatic heterocycles. The van der Waals surface area contributed by atoms with Gasteiger partial charge in [-0.3, -0.25) is 0 Å². The molecule has 2 nitrogen and oxygen atoms in total. The van der Waals surface area contributed by atoms with E-state index in [9.17, 15) is 31.4 Å². The molecule has 0 fully saturated rings. The number of nitrogens with one attached hydrogen (secondary N) is 1. The van der Waals surface area contributed by atoms with Crippen LogP contribution in [-0.2, 0) is 18.4 Å². The summed E-state index contributed by atoms with van der Waals surface area (Å²) >= 11 is 14.9. The summed E-state index contributed by atoms with van der Waals surface area (Å²) in [7, 11) is 0. The first-order chi connectivity index (χ1) is 14.7. The summed E-state index contributed by atoms with van der Waals surface area (Å²) in [5, 5.41) is 10.2. The van der Waals surface area contributed by atoms with Gasteiger partial charge in [-0.05, 0) is 48.7 Å². The zero-order valence-electron chi connectivity index (χ0n) is 16.7. The molecule has 176 valence electrons. The SMILES string of the molecule is CC.OC(c1c(CCc2cc(Cl)cc(Cl)c2)[nH]c2cc(Br)ccc12)(C(F)(F)F)C(F)(F)F. The van der Waals surface area contributed by atoms with E-state index in [-0.39, 0.29) is 33.8 Å². The van der Waals surface area contributed by atoms with E-state index in [0.29, 0.717) is 10.0 Å². The Balaban J connectivity index is 0.00000176. The Morgan fingerprint density at radius 2 is 1.41 bits per heavy atom. The number of rotatable bonds is 4. The van der Waals surface area contributed by atoms with Crippen LogP contribution < -0.4 is 0 Å². The summed E-state index contributed by atoms with van der Waals surface area (Å²) in [6.07, 6.45) is -12.2. The molecule has 11 heteroatoms. The highest BCUT2D eigenvalue weighted by atomic mass is 79.9. The van der Waals surface area contributed by atoms with Crippen molar-refractivity contribution in [3.05, 3.63) is 67.7 Å². The van der Waals surface area contributed by atoms with Crippen LogP contribution in [0.15, 0.2) is 40.9 Å². The summed E-state index contributed by atoms with van der Waals surface area (Å²) in [6.45, 7) is 4.00. The number of aliphatic hydroxyl groups is 1. The highest BCUT2D eigenvalue weighted by Gasteiger charge is 2.72. The Morgan fingerprint density at radius 1 is 0.875 bits per heavy atom. The van der Waals surface area contributed by atoms with Gasteiger partial charge in [0.05, 0.1) is 0 Å². The molecule has 0 saturated heterocycles. The van der Waals surface area contributed by atoms with E-state index in [1.807, 2.05) is 13.8 Å². The second kappa shape index (κ2) is 9.83. The molecule has 3 rings (SSSR count). The van der Waals surface area contributed by atoms with E-state index < -0.39 is 29.2 Å². The lowest BCUT2D eigenvalue weighted by Crippen LogP contribution is -2.54. The number of aryl methyl sites for hydroxylation is 2. The smallest absolute Gasteiger partial charge is 0.369 e. The molecule has 2 aromatic carbocycles. The molecule has 0 amide bonds. The van der Waals surface area contributed by atoms with Gasteiger partial charge in [0.15, 0.2) is 0 Å². The van der Waals surface area contributed by atoms with Gasteiger partial charge in [-0.15, -0.1) is 0 Å². The van der Waals surface area contributed by atoms with Crippen LogP contribution in [0, 0.1) is 0 Å². The summed E-state index contributed by atoms with van der Waals surface area (Å²) in [6, 6.07) is 8.19.